The molecular formula is C13H14ClN3O. The average molecular weight is 264 g/mol. The molecule has 1 N–H and O–H groups in total. The van der Waals surface area contributed by atoms with Crippen molar-refractivity contribution in [2.24, 2.45) is 0 Å². The second-order valence-electron chi connectivity index (χ2n) is 3.95. The molecule has 0 saturated carbocycles. The molecule has 0 unspecified atom stereocenters. The molecule has 0 radical (unpaired) electrons. The minimum absolute atomic E-state index is 0.0346. The van der Waals surface area contributed by atoms with Crippen LogP contribution in [0.15, 0.2) is 36.7 Å². The number of hydrogen-bond donors (Lipinski definition) is 1. The van der Waals surface area contributed by atoms with Crippen molar-refractivity contribution < 1.29 is 4.79 Å². The third-order valence-electron chi connectivity index (χ3n) is 2.44. The molecule has 5 heteroatoms. The summed E-state index contributed by atoms with van der Waals surface area (Å²) in [5.41, 5.74) is 1.69. The maximum absolute atomic E-state index is 11.4. The smallest absolute Gasteiger partial charge is 0.224 e. The Bertz CT molecular complexity index is 533. The lowest BCUT2D eigenvalue weighted by Gasteiger charge is -2.06. The number of benzene rings is 1. The van der Waals surface area contributed by atoms with Crippen molar-refractivity contribution in [3.05, 3.63) is 41.7 Å². The van der Waals surface area contributed by atoms with Crippen LogP contribution in [0.4, 0.5) is 5.69 Å². The van der Waals surface area contributed by atoms with Gasteiger partial charge in [-0.2, -0.15) is 5.10 Å². The minimum atomic E-state index is 0.0346. The van der Waals surface area contributed by atoms with Gasteiger partial charge < -0.3 is 5.32 Å². The Hall–Kier alpha value is -1.81. The first-order valence-electron chi connectivity index (χ1n) is 5.79. The lowest BCUT2D eigenvalue weighted by molar-refractivity contribution is -0.116. The van der Waals surface area contributed by atoms with Crippen LogP contribution in [0, 0.1) is 0 Å². The van der Waals surface area contributed by atoms with Gasteiger partial charge >= 0.3 is 0 Å². The van der Waals surface area contributed by atoms with E-state index in [0.717, 1.165) is 17.8 Å². The lowest BCUT2D eigenvalue weighted by Crippen LogP contribution is -2.10. The molecule has 0 atom stereocenters. The summed E-state index contributed by atoms with van der Waals surface area (Å²) in [5.74, 6) is 0.0346. The molecule has 0 aliphatic heterocycles. The predicted octanol–water partition coefficient (Wildman–Crippen LogP) is 3.26. The molecule has 0 aliphatic carbocycles. The van der Waals surface area contributed by atoms with Crippen molar-refractivity contribution in [2.45, 2.75) is 19.8 Å². The van der Waals surface area contributed by atoms with Gasteiger partial charge in [0.2, 0.25) is 5.91 Å². The van der Waals surface area contributed by atoms with Crippen LogP contribution in [0.2, 0.25) is 5.02 Å². The second kappa shape index (κ2) is 5.69. The molecule has 1 heterocycles. The van der Waals surface area contributed by atoms with Crippen LogP contribution in [0.5, 0.6) is 0 Å². The van der Waals surface area contributed by atoms with E-state index < -0.39 is 0 Å². The number of amides is 1. The van der Waals surface area contributed by atoms with Gasteiger partial charge in [-0.3, -0.25) is 4.79 Å². The highest BCUT2D eigenvalue weighted by Crippen LogP contribution is 2.15. The molecule has 1 aromatic heterocycles. The molecule has 0 fully saturated rings. The van der Waals surface area contributed by atoms with Crippen LogP contribution in [0.25, 0.3) is 5.69 Å². The second-order valence-corrected chi connectivity index (χ2v) is 4.38. The normalized spacial score (nSPS) is 10.3. The van der Waals surface area contributed by atoms with E-state index in [2.05, 4.69) is 10.4 Å². The first-order valence-corrected chi connectivity index (χ1v) is 6.17. The Morgan fingerprint density at radius 2 is 2.11 bits per heavy atom. The number of rotatable bonds is 4. The van der Waals surface area contributed by atoms with Gasteiger partial charge in [0.15, 0.2) is 0 Å². The van der Waals surface area contributed by atoms with E-state index in [1.165, 1.54) is 0 Å². The van der Waals surface area contributed by atoms with Gasteiger partial charge in [-0.05, 0) is 30.7 Å². The molecule has 1 amide bonds. The Balaban J connectivity index is 2.08. The largest absolute Gasteiger partial charge is 0.326 e. The number of nitrogens with one attached hydrogen (secondary N) is 1. The maximum Gasteiger partial charge on any atom is 0.224 e. The van der Waals surface area contributed by atoms with Crippen molar-refractivity contribution in [2.75, 3.05) is 5.32 Å². The average Bonchev–Trinajstić information content (AvgIpc) is 2.77. The molecule has 2 aromatic rings. The predicted molar refractivity (Wildman–Crippen MR) is 72.1 cm³/mol. The van der Waals surface area contributed by atoms with E-state index in [9.17, 15) is 4.79 Å². The van der Waals surface area contributed by atoms with E-state index in [0.29, 0.717) is 11.4 Å². The van der Waals surface area contributed by atoms with Crippen molar-refractivity contribution in [3.63, 3.8) is 0 Å². The Labute approximate surface area is 111 Å². The van der Waals surface area contributed by atoms with E-state index in [-0.39, 0.29) is 5.91 Å². The zero-order chi connectivity index (χ0) is 13.0. The number of carbonyl (C=O) groups is 1. The van der Waals surface area contributed by atoms with Crippen molar-refractivity contribution >= 4 is 23.2 Å². The number of anilines is 1. The molecule has 4 nitrogen and oxygen atoms in total. The Kier molecular flexibility index (Phi) is 3.99. The zero-order valence-electron chi connectivity index (χ0n) is 10.1. The van der Waals surface area contributed by atoms with Crippen LogP contribution in [0.3, 0.4) is 0 Å². The lowest BCUT2D eigenvalue weighted by atomic mass is 10.2. The highest BCUT2D eigenvalue weighted by molar-refractivity contribution is 6.30. The van der Waals surface area contributed by atoms with Crippen LogP contribution in [0.1, 0.15) is 19.8 Å². The summed E-state index contributed by atoms with van der Waals surface area (Å²) in [7, 11) is 0. The summed E-state index contributed by atoms with van der Waals surface area (Å²) in [5, 5.41) is 7.53. The molecular weight excluding hydrogens is 250 g/mol. The molecule has 0 aliphatic rings. The topological polar surface area (TPSA) is 46.9 Å². The fourth-order valence-corrected chi connectivity index (χ4v) is 1.73. The first-order chi connectivity index (χ1) is 8.69. The number of hydrogen-bond acceptors (Lipinski definition) is 2. The van der Waals surface area contributed by atoms with E-state index in [1.54, 1.807) is 17.1 Å². The summed E-state index contributed by atoms with van der Waals surface area (Å²) in [6.07, 6.45) is 4.69. The molecule has 1 aromatic carbocycles. The zero-order valence-corrected chi connectivity index (χ0v) is 10.8. The molecule has 2 rings (SSSR count). The van der Waals surface area contributed by atoms with Crippen LogP contribution >= 0.6 is 11.6 Å². The highest BCUT2D eigenvalue weighted by Gasteiger charge is 2.02. The molecule has 0 bridgehead atoms. The number of halogens is 1. The fraction of sp³-hybridized carbons (Fsp3) is 0.231. The van der Waals surface area contributed by atoms with Gasteiger partial charge in [0.25, 0.3) is 0 Å². The van der Waals surface area contributed by atoms with Gasteiger partial charge in [-0.15, -0.1) is 0 Å². The summed E-state index contributed by atoms with van der Waals surface area (Å²) in [6, 6.07) is 7.45. The maximum atomic E-state index is 11.4. The number of aromatic nitrogens is 2. The number of carbonyl (C=O) groups excluding carboxylic acids is 1. The Morgan fingerprint density at radius 1 is 1.39 bits per heavy atom. The standard InChI is InChI=1S/C13H14ClN3O/c1-2-3-13(18)16-11-4-6-12(7-5-11)17-9-10(14)8-15-17/h4-9H,2-3H2,1H3,(H,16,18). The summed E-state index contributed by atoms with van der Waals surface area (Å²) in [6.45, 7) is 1.98. The highest BCUT2D eigenvalue weighted by atomic mass is 35.5. The van der Waals surface area contributed by atoms with Crippen molar-refractivity contribution in [1.29, 1.82) is 0 Å². The summed E-state index contributed by atoms with van der Waals surface area (Å²) < 4.78 is 1.68. The third kappa shape index (κ3) is 3.11. The van der Waals surface area contributed by atoms with E-state index in [1.807, 2.05) is 31.2 Å². The first kappa shape index (κ1) is 12.6. The number of nitrogens with zero attached hydrogens (tertiary/aromatic N) is 2. The van der Waals surface area contributed by atoms with Crippen LogP contribution in [-0.2, 0) is 4.79 Å². The van der Waals surface area contributed by atoms with Gasteiger partial charge in [0.05, 0.1) is 16.9 Å². The minimum Gasteiger partial charge on any atom is -0.326 e. The monoisotopic (exact) mass is 263 g/mol. The third-order valence-corrected chi connectivity index (χ3v) is 2.64. The van der Waals surface area contributed by atoms with E-state index >= 15 is 0 Å². The molecule has 94 valence electrons. The summed E-state index contributed by atoms with van der Waals surface area (Å²) in [4.78, 5) is 11.4. The van der Waals surface area contributed by atoms with Gasteiger partial charge in [-0.25, -0.2) is 4.68 Å². The SMILES string of the molecule is CCCC(=O)Nc1ccc(-n2cc(Cl)cn2)cc1. The fourth-order valence-electron chi connectivity index (χ4n) is 1.59. The molecule has 18 heavy (non-hydrogen) atoms. The van der Waals surface area contributed by atoms with Gasteiger partial charge in [0, 0.05) is 18.3 Å². The van der Waals surface area contributed by atoms with Gasteiger partial charge in [0.1, 0.15) is 0 Å². The molecule has 0 saturated heterocycles. The van der Waals surface area contributed by atoms with Crippen LogP contribution in [-0.4, -0.2) is 15.7 Å². The van der Waals surface area contributed by atoms with Crippen molar-refractivity contribution in [1.82, 2.24) is 9.78 Å². The molecule has 0 spiro atoms. The van der Waals surface area contributed by atoms with E-state index in [4.69, 9.17) is 11.6 Å². The van der Waals surface area contributed by atoms with Crippen LogP contribution < -0.4 is 5.32 Å². The van der Waals surface area contributed by atoms with Crippen molar-refractivity contribution in [3.8, 4) is 5.69 Å². The Morgan fingerprint density at radius 3 is 2.67 bits per heavy atom. The quantitative estimate of drug-likeness (QED) is 0.920. The van der Waals surface area contributed by atoms with Gasteiger partial charge in [-0.1, -0.05) is 18.5 Å². The summed E-state index contributed by atoms with van der Waals surface area (Å²) >= 11 is 5.80.